The lowest BCUT2D eigenvalue weighted by Gasteiger charge is -2.34. The predicted molar refractivity (Wildman–Crippen MR) is 65.4 cm³/mol. The molecule has 5 heteroatoms. The third kappa shape index (κ3) is 3.03. The molecule has 3 nitrogen and oxygen atoms in total. The Morgan fingerprint density at radius 1 is 1.28 bits per heavy atom. The van der Waals surface area contributed by atoms with E-state index in [1.807, 2.05) is 0 Å². The van der Waals surface area contributed by atoms with Gasteiger partial charge in [-0.15, -0.1) is 0 Å². The molecule has 1 aromatic rings. The van der Waals surface area contributed by atoms with Crippen molar-refractivity contribution in [2.45, 2.75) is 32.4 Å². The van der Waals surface area contributed by atoms with E-state index in [2.05, 4.69) is 17.0 Å². The standard InChI is InChI=1S/C13H17F2NO2/c1-8-5-10(6-8)16-9-3-4-11(17-2)12(7-9)18-13(14)15/h3-4,7-8,10,13,16H,5-6H2,1-2H3. The molecule has 0 heterocycles. The van der Waals surface area contributed by atoms with Crippen LogP contribution in [0.5, 0.6) is 11.5 Å². The van der Waals surface area contributed by atoms with Gasteiger partial charge < -0.3 is 14.8 Å². The summed E-state index contributed by atoms with van der Waals surface area (Å²) in [6.45, 7) is -0.657. The molecule has 0 spiro atoms. The first-order valence-corrected chi connectivity index (χ1v) is 5.98. The molecule has 0 amide bonds. The summed E-state index contributed by atoms with van der Waals surface area (Å²) in [5.41, 5.74) is 0.781. The quantitative estimate of drug-likeness (QED) is 0.875. The first-order chi connectivity index (χ1) is 8.58. The van der Waals surface area contributed by atoms with Crippen LogP contribution in [0.3, 0.4) is 0 Å². The predicted octanol–water partition coefficient (Wildman–Crippen LogP) is 3.51. The number of alkyl halides is 2. The van der Waals surface area contributed by atoms with E-state index in [1.54, 1.807) is 18.2 Å². The molecule has 100 valence electrons. The van der Waals surface area contributed by atoms with Gasteiger partial charge in [0.15, 0.2) is 11.5 Å². The van der Waals surface area contributed by atoms with Crippen molar-refractivity contribution in [2.75, 3.05) is 12.4 Å². The summed E-state index contributed by atoms with van der Waals surface area (Å²) < 4.78 is 33.9. The average Bonchev–Trinajstić information content (AvgIpc) is 2.26. The van der Waals surface area contributed by atoms with Crippen LogP contribution in [0.4, 0.5) is 14.5 Å². The van der Waals surface area contributed by atoms with Gasteiger partial charge in [0, 0.05) is 17.8 Å². The maximum Gasteiger partial charge on any atom is 0.387 e. The van der Waals surface area contributed by atoms with Crippen molar-refractivity contribution in [1.82, 2.24) is 0 Å². The molecule has 0 unspecified atom stereocenters. The average molecular weight is 257 g/mol. The molecule has 0 saturated heterocycles. The van der Waals surface area contributed by atoms with Gasteiger partial charge in [-0.2, -0.15) is 8.78 Å². The number of halogens is 2. The lowest BCUT2D eigenvalue weighted by atomic mass is 9.82. The molecule has 0 aliphatic heterocycles. The van der Waals surface area contributed by atoms with E-state index in [9.17, 15) is 8.78 Å². The minimum atomic E-state index is -2.85. The Hall–Kier alpha value is -1.52. The highest BCUT2D eigenvalue weighted by Crippen LogP contribution is 2.34. The molecule has 0 atom stereocenters. The van der Waals surface area contributed by atoms with Crippen LogP contribution in [-0.4, -0.2) is 19.8 Å². The van der Waals surface area contributed by atoms with Crippen molar-refractivity contribution in [3.63, 3.8) is 0 Å². The van der Waals surface area contributed by atoms with Crippen LogP contribution < -0.4 is 14.8 Å². The van der Waals surface area contributed by atoms with Gasteiger partial charge in [0.2, 0.25) is 0 Å². The second-order valence-corrected chi connectivity index (χ2v) is 4.66. The van der Waals surface area contributed by atoms with Gasteiger partial charge in [-0.1, -0.05) is 6.92 Å². The monoisotopic (exact) mass is 257 g/mol. The largest absolute Gasteiger partial charge is 0.493 e. The second-order valence-electron chi connectivity index (χ2n) is 4.66. The van der Waals surface area contributed by atoms with E-state index < -0.39 is 6.61 Å². The smallest absolute Gasteiger partial charge is 0.387 e. The number of hydrogen-bond acceptors (Lipinski definition) is 3. The summed E-state index contributed by atoms with van der Waals surface area (Å²) in [4.78, 5) is 0. The molecule has 1 saturated carbocycles. The molecule has 2 rings (SSSR count). The van der Waals surface area contributed by atoms with Gasteiger partial charge >= 0.3 is 6.61 Å². The molecule has 0 bridgehead atoms. The molecule has 0 radical (unpaired) electrons. The van der Waals surface area contributed by atoms with Crippen molar-refractivity contribution < 1.29 is 18.3 Å². The van der Waals surface area contributed by atoms with Crippen molar-refractivity contribution in [3.8, 4) is 11.5 Å². The Morgan fingerprint density at radius 2 is 2.00 bits per heavy atom. The Balaban J connectivity index is 2.07. The summed E-state index contributed by atoms with van der Waals surface area (Å²) in [6, 6.07) is 5.41. The summed E-state index contributed by atoms with van der Waals surface area (Å²) in [5, 5.41) is 3.29. The van der Waals surface area contributed by atoms with Crippen LogP contribution in [0.25, 0.3) is 0 Å². The first kappa shape index (κ1) is 12.9. The molecule has 18 heavy (non-hydrogen) atoms. The summed E-state index contributed by atoms with van der Waals surface area (Å²) in [6.07, 6.45) is 2.22. The first-order valence-electron chi connectivity index (χ1n) is 5.98. The Kier molecular flexibility index (Phi) is 3.89. The van der Waals surface area contributed by atoms with Gasteiger partial charge in [-0.3, -0.25) is 0 Å². The Morgan fingerprint density at radius 3 is 2.56 bits per heavy atom. The maximum atomic E-state index is 12.3. The fraction of sp³-hybridized carbons (Fsp3) is 0.538. The fourth-order valence-electron chi connectivity index (χ4n) is 2.21. The van der Waals surface area contributed by atoms with Gasteiger partial charge in [0.25, 0.3) is 0 Å². The van der Waals surface area contributed by atoms with Crippen LogP contribution in [-0.2, 0) is 0 Å². The van der Waals surface area contributed by atoms with E-state index in [0.717, 1.165) is 24.4 Å². The summed E-state index contributed by atoms with van der Waals surface area (Å²) in [7, 11) is 1.42. The number of nitrogens with one attached hydrogen (secondary N) is 1. The lowest BCUT2D eigenvalue weighted by molar-refractivity contribution is -0.0511. The van der Waals surface area contributed by atoms with Gasteiger partial charge in [-0.05, 0) is 30.9 Å². The molecule has 1 aliphatic carbocycles. The number of methoxy groups -OCH3 is 1. The Labute approximate surface area is 105 Å². The zero-order chi connectivity index (χ0) is 13.1. The molecular weight excluding hydrogens is 240 g/mol. The number of benzene rings is 1. The third-order valence-electron chi connectivity index (χ3n) is 3.12. The zero-order valence-electron chi connectivity index (χ0n) is 10.5. The fourth-order valence-corrected chi connectivity index (χ4v) is 2.21. The van der Waals surface area contributed by atoms with Crippen molar-refractivity contribution >= 4 is 5.69 Å². The number of anilines is 1. The van der Waals surface area contributed by atoms with Crippen molar-refractivity contribution in [2.24, 2.45) is 5.92 Å². The topological polar surface area (TPSA) is 30.5 Å². The SMILES string of the molecule is COc1ccc(NC2CC(C)C2)cc1OC(F)F. The normalized spacial score (nSPS) is 22.5. The van der Waals surface area contributed by atoms with E-state index in [4.69, 9.17) is 4.74 Å². The molecule has 1 fully saturated rings. The summed E-state index contributed by atoms with van der Waals surface area (Å²) in [5.74, 6) is 1.10. The minimum Gasteiger partial charge on any atom is -0.493 e. The van der Waals surface area contributed by atoms with Crippen molar-refractivity contribution in [1.29, 1.82) is 0 Å². The highest BCUT2D eigenvalue weighted by molar-refractivity contribution is 5.55. The van der Waals surface area contributed by atoms with Gasteiger partial charge in [-0.25, -0.2) is 0 Å². The molecular formula is C13H17F2NO2. The number of ether oxygens (including phenoxy) is 2. The zero-order valence-corrected chi connectivity index (χ0v) is 10.5. The van der Waals surface area contributed by atoms with Crippen LogP contribution >= 0.6 is 0 Å². The van der Waals surface area contributed by atoms with E-state index in [-0.39, 0.29) is 5.75 Å². The maximum absolute atomic E-state index is 12.3. The Bertz CT molecular complexity index is 406. The molecule has 1 N–H and O–H groups in total. The van der Waals surface area contributed by atoms with Crippen LogP contribution in [0.2, 0.25) is 0 Å². The molecule has 0 aromatic heterocycles. The van der Waals surface area contributed by atoms with Crippen LogP contribution in [0, 0.1) is 5.92 Å². The highest BCUT2D eigenvalue weighted by Gasteiger charge is 2.25. The van der Waals surface area contributed by atoms with Gasteiger partial charge in [0.05, 0.1) is 7.11 Å². The van der Waals surface area contributed by atoms with Gasteiger partial charge in [0.1, 0.15) is 0 Å². The molecule has 1 aromatic carbocycles. The summed E-state index contributed by atoms with van der Waals surface area (Å²) >= 11 is 0. The van der Waals surface area contributed by atoms with Crippen LogP contribution in [0.1, 0.15) is 19.8 Å². The van der Waals surface area contributed by atoms with Crippen molar-refractivity contribution in [3.05, 3.63) is 18.2 Å². The van der Waals surface area contributed by atoms with E-state index in [1.165, 1.54) is 7.11 Å². The highest BCUT2D eigenvalue weighted by atomic mass is 19.3. The van der Waals surface area contributed by atoms with E-state index >= 15 is 0 Å². The third-order valence-corrected chi connectivity index (χ3v) is 3.12. The number of rotatable bonds is 5. The molecule has 1 aliphatic rings. The van der Waals surface area contributed by atoms with E-state index in [0.29, 0.717) is 11.8 Å². The number of hydrogen-bond donors (Lipinski definition) is 1. The second kappa shape index (κ2) is 5.42. The minimum absolute atomic E-state index is 0.0601. The lowest BCUT2D eigenvalue weighted by Crippen LogP contribution is -2.33. The van der Waals surface area contributed by atoms with Crippen LogP contribution in [0.15, 0.2) is 18.2 Å².